The van der Waals surface area contributed by atoms with E-state index >= 15 is 0 Å². The lowest BCUT2D eigenvalue weighted by molar-refractivity contribution is 0.0637. The van der Waals surface area contributed by atoms with Crippen molar-refractivity contribution >= 4 is 17.5 Å². The van der Waals surface area contributed by atoms with Gasteiger partial charge < -0.3 is 10.2 Å². The van der Waals surface area contributed by atoms with E-state index in [0.29, 0.717) is 17.1 Å². The first kappa shape index (κ1) is 18.7. The Morgan fingerprint density at radius 2 is 1.61 bits per heavy atom. The Morgan fingerprint density at radius 1 is 0.929 bits per heavy atom. The Hall–Kier alpha value is -2.62. The molecule has 3 nitrogen and oxygen atoms in total. The highest BCUT2D eigenvalue weighted by atomic mass is 35.5. The van der Waals surface area contributed by atoms with Crippen molar-refractivity contribution in [1.29, 1.82) is 0 Å². The Labute approximate surface area is 171 Å². The number of nitrogens with zero attached hydrogens (tertiary/aromatic N) is 1. The molecule has 4 rings (SSSR count). The van der Waals surface area contributed by atoms with Crippen LogP contribution in [0.2, 0.25) is 5.02 Å². The molecule has 1 aliphatic rings. The maximum Gasteiger partial charge on any atom is 0.254 e. The second-order valence-electron chi connectivity index (χ2n) is 7.07. The minimum atomic E-state index is 0.0675. The molecule has 0 aliphatic carbocycles. The van der Waals surface area contributed by atoms with Gasteiger partial charge in [-0.15, -0.1) is 0 Å². The summed E-state index contributed by atoms with van der Waals surface area (Å²) in [6.07, 6.45) is 0.841. The molecule has 142 valence electrons. The number of carbonyl (C=O) groups excluding carboxylic acids is 1. The smallest absolute Gasteiger partial charge is 0.254 e. The first-order valence-corrected chi connectivity index (χ1v) is 10.0. The Kier molecular flexibility index (Phi) is 5.75. The summed E-state index contributed by atoms with van der Waals surface area (Å²) in [6, 6.07) is 25.9. The highest BCUT2D eigenvalue weighted by Gasteiger charge is 2.29. The van der Waals surface area contributed by atoms with Crippen molar-refractivity contribution in [3.8, 4) is 11.1 Å². The zero-order valence-electron chi connectivity index (χ0n) is 15.6. The number of amides is 1. The third-order valence-electron chi connectivity index (χ3n) is 5.25. The Balaban J connectivity index is 1.66. The molecule has 1 saturated heterocycles. The monoisotopic (exact) mass is 390 g/mol. The number of hydrogen-bond acceptors (Lipinski definition) is 2. The van der Waals surface area contributed by atoms with E-state index in [1.54, 1.807) is 0 Å². The summed E-state index contributed by atoms with van der Waals surface area (Å²) in [7, 11) is 0. The average molecular weight is 391 g/mol. The van der Waals surface area contributed by atoms with E-state index in [1.165, 1.54) is 5.56 Å². The SMILES string of the molecule is O=C(c1ccccc1-c1ccccc1Cl)N1CCNC[C@H]1Cc1ccccc1. The molecule has 1 amide bonds. The summed E-state index contributed by atoms with van der Waals surface area (Å²) in [5, 5.41) is 4.09. The molecule has 0 bridgehead atoms. The van der Waals surface area contributed by atoms with Gasteiger partial charge >= 0.3 is 0 Å². The molecule has 4 heteroatoms. The van der Waals surface area contributed by atoms with Crippen LogP contribution < -0.4 is 5.32 Å². The molecule has 0 unspecified atom stereocenters. The van der Waals surface area contributed by atoms with Crippen LogP contribution in [-0.2, 0) is 6.42 Å². The molecule has 1 heterocycles. The number of rotatable bonds is 4. The van der Waals surface area contributed by atoms with Gasteiger partial charge in [0, 0.05) is 41.8 Å². The highest BCUT2D eigenvalue weighted by Crippen LogP contribution is 2.31. The Bertz CT molecular complexity index is 958. The topological polar surface area (TPSA) is 32.3 Å². The van der Waals surface area contributed by atoms with E-state index < -0.39 is 0 Å². The van der Waals surface area contributed by atoms with Crippen LogP contribution in [-0.4, -0.2) is 36.5 Å². The van der Waals surface area contributed by atoms with Crippen LogP contribution in [0.25, 0.3) is 11.1 Å². The van der Waals surface area contributed by atoms with Crippen molar-refractivity contribution in [3.63, 3.8) is 0 Å². The summed E-state index contributed by atoms with van der Waals surface area (Å²) in [5.74, 6) is 0.0675. The van der Waals surface area contributed by atoms with Crippen molar-refractivity contribution in [1.82, 2.24) is 10.2 Å². The van der Waals surface area contributed by atoms with Crippen molar-refractivity contribution in [2.45, 2.75) is 12.5 Å². The fourth-order valence-electron chi connectivity index (χ4n) is 3.84. The molecule has 0 radical (unpaired) electrons. The van der Waals surface area contributed by atoms with Crippen molar-refractivity contribution in [2.24, 2.45) is 0 Å². The average Bonchev–Trinajstić information content (AvgIpc) is 2.75. The lowest BCUT2D eigenvalue weighted by atomic mass is 9.96. The second-order valence-corrected chi connectivity index (χ2v) is 7.48. The summed E-state index contributed by atoms with van der Waals surface area (Å²) < 4.78 is 0. The van der Waals surface area contributed by atoms with Gasteiger partial charge in [-0.05, 0) is 29.7 Å². The predicted octanol–water partition coefficient (Wildman–Crippen LogP) is 4.66. The first-order chi connectivity index (χ1) is 13.7. The maximum absolute atomic E-state index is 13.6. The quantitative estimate of drug-likeness (QED) is 0.702. The minimum Gasteiger partial charge on any atom is -0.333 e. The largest absolute Gasteiger partial charge is 0.333 e. The second kappa shape index (κ2) is 8.59. The number of nitrogens with one attached hydrogen (secondary N) is 1. The number of halogens is 1. The van der Waals surface area contributed by atoms with Gasteiger partial charge in [-0.2, -0.15) is 0 Å². The van der Waals surface area contributed by atoms with E-state index in [2.05, 4.69) is 17.4 Å². The summed E-state index contributed by atoms with van der Waals surface area (Å²) >= 11 is 6.42. The summed E-state index contributed by atoms with van der Waals surface area (Å²) in [5.41, 5.74) is 3.72. The van der Waals surface area contributed by atoms with Crippen molar-refractivity contribution < 1.29 is 4.79 Å². The van der Waals surface area contributed by atoms with E-state index in [0.717, 1.165) is 30.6 Å². The van der Waals surface area contributed by atoms with Crippen LogP contribution in [0.15, 0.2) is 78.9 Å². The number of piperazine rings is 1. The lowest BCUT2D eigenvalue weighted by Crippen LogP contribution is -2.54. The van der Waals surface area contributed by atoms with E-state index in [9.17, 15) is 4.79 Å². The number of carbonyl (C=O) groups is 1. The molecule has 0 saturated carbocycles. The minimum absolute atomic E-state index is 0.0675. The van der Waals surface area contributed by atoms with E-state index in [1.807, 2.05) is 71.6 Å². The van der Waals surface area contributed by atoms with Gasteiger partial charge in [-0.25, -0.2) is 0 Å². The standard InChI is InChI=1S/C24H23ClN2O/c25-23-13-7-6-11-21(23)20-10-4-5-12-22(20)24(28)27-15-14-26-17-19(27)16-18-8-2-1-3-9-18/h1-13,19,26H,14-17H2/t19-/m1/s1. The number of hydrogen-bond donors (Lipinski definition) is 1. The summed E-state index contributed by atoms with van der Waals surface area (Å²) in [6.45, 7) is 2.31. The Morgan fingerprint density at radius 3 is 2.39 bits per heavy atom. The molecule has 0 spiro atoms. The van der Waals surface area contributed by atoms with Gasteiger partial charge in [-0.3, -0.25) is 4.79 Å². The zero-order chi connectivity index (χ0) is 19.3. The molecule has 0 aromatic heterocycles. The van der Waals surface area contributed by atoms with Gasteiger partial charge in [0.1, 0.15) is 0 Å². The molecule has 1 aliphatic heterocycles. The third-order valence-corrected chi connectivity index (χ3v) is 5.58. The molecule has 3 aromatic rings. The molecule has 1 atom stereocenters. The van der Waals surface area contributed by atoms with Crippen molar-refractivity contribution in [3.05, 3.63) is 95.0 Å². The van der Waals surface area contributed by atoms with E-state index in [4.69, 9.17) is 11.6 Å². The lowest BCUT2D eigenvalue weighted by Gasteiger charge is -2.37. The van der Waals surface area contributed by atoms with Crippen LogP contribution in [0, 0.1) is 0 Å². The summed E-state index contributed by atoms with van der Waals surface area (Å²) in [4.78, 5) is 15.6. The molecule has 1 fully saturated rings. The van der Waals surface area contributed by atoms with Gasteiger partial charge in [0.15, 0.2) is 0 Å². The van der Waals surface area contributed by atoms with Crippen LogP contribution in [0.3, 0.4) is 0 Å². The van der Waals surface area contributed by atoms with Crippen LogP contribution >= 0.6 is 11.6 Å². The van der Waals surface area contributed by atoms with Crippen LogP contribution in [0.4, 0.5) is 0 Å². The van der Waals surface area contributed by atoms with Crippen LogP contribution in [0.5, 0.6) is 0 Å². The predicted molar refractivity (Wildman–Crippen MR) is 115 cm³/mol. The molecular formula is C24H23ClN2O. The van der Waals surface area contributed by atoms with Gasteiger partial charge in [0.25, 0.3) is 5.91 Å². The molecule has 28 heavy (non-hydrogen) atoms. The van der Waals surface area contributed by atoms with E-state index in [-0.39, 0.29) is 11.9 Å². The zero-order valence-corrected chi connectivity index (χ0v) is 16.4. The molecule has 3 aromatic carbocycles. The number of benzene rings is 3. The fraction of sp³-hybridized carbons (Fsp3) is 0.208. The van der Waals surface area contributed by atoms with Gasteiger partial charge in [-0.1, -0.05) is 78.3 Å². The van der Waals surface area contributed by atoms with Crippen LogP contribution in [0.1, 0.15) is 15.9 Å². The fourth-order valence-corrected chi connectivity index (χ4v) is 4.07. The highest BCUT2D eigenvalue weighted by molar-refractivity contribution is 6.33. The third kappa shape index (κ3) is 3.96. The first-order valence-electron chi connectivity index (χ1n) is 9.63. The molecule has 1 N–H and O–H groups in total. The molecular weight excluding hydrogens is 368 g/mol. The van der Waals surface area contributed by atoms with Crippen molar-refractivity contribution in [2.75, 3.05) is 19.6 Å². The van der Waals surface area contributed by atoms with Gasteiger partial charge in [0.05, 0.1) is 0 Å². The van der Waals surface area contributed by atoms with Gasteiger partial charge in [0.2, 0.25) is 0 Å². The normalized spacial score (nSPS) is 16.8. The maximum atomic E-state index is 13.6.